The van der Waals surface area contributed by atoms with Gasteiger partial charge in [-0.3, -0.25) is 0 Å². The summed E-state index contributed by atoms with van der Waals surface area (Å²) in [5.41, 5.74) is 9.39. The summed E-state index contributed by atoms with van der Waals surface area (Å²) in [4.78, 5) is 4.72. The molecule has 1 heterocycles. The molecule has 1 atom stereocenters. The van der Waals surface area contributed by atoms with Crippen molar-refractivity contribution in [2.45, 2.75) is 39.2 Å². The van der Waals surface area contributed by atoms with Crippen LogP contribution in [-0.4, -0.2) is 11.0 Å². The summed E-state index contributed by atoms with van der Waals surface area (Å²) >= 11 is 1.75. The highest BCUT2D eigenvalue weighted by molar-refractivity contribution is 7.09. The van der Waals surface area contributed by atoms with E-state index in [1.165, 1.54) is 16.1 Å². The molecule has 1 unspecified atom stereocenters. The van der Waals surface area contributed by atoms with E-state index >= 15 is 0 Å². The van der Waals surface area contributed by atoms with Crippen molar-refractivity contribution in [2.75, 3.05) is 0 Å². The minimum atomic E-state index is 0.292. The summed E-state index contributed by atoms with van der Waals surface area (Å²) in [5.74, 6) is 0. The van der Waals surface area contributed by atoms with Crippen LogP contribution in [0.15, 0.2) is 29.6 Å². The van der Waals surface area contributed by atoms with Crippen LogP contribution in [0.3, 0.4) is 0 Å². The number of nitrogens with two attached hydrogens (primary N) is 1. The summed E-state index contributed by atoms with van der Waals surface area (Å²) < 4.78 is 0. The molecule has 0 saturated heterocycles. The van der Waals surface area contributed by atoms with Crippen molar-refractivity contribution in [3.8, 4) is 11.3 Å². The highest BCUT2D eigenvalue weighted by atomic mass is 32.1. The van der Waals surface area contributed by atoms with Crippen LogP contribution in [0.25, 0.3) is 11.3 Å². The second kappa shape index (κ2) is 6.12. The predicted molar refractivity (Wildman–Crippen MR) is 78.9 cm³/mol. The third-order valence-electron chi connectivity index (χ3n) is 3.02. The lowest BCUT2D eigenvalue weighted by atomic mass is 10.1. The summed E-state index contributed by atoms with van der Waals surface area (Å²) in [5, 5.41) is 3.37. The molecule has 0 radical (unpaired) electrons. The first-order valence-corrected chi connectivity index (χ1v) is 7.31. The Labute approximate surface area is 113 Å². The number of benzene rings is 1. The second-order valence-electron chi connectivity index (χ2n) is 4.81. The van der Waals surface area contributed by atoms with E-state index < -0.39 is 0 Å². The molecule has 1 aromatic heterocycles. The van der Waals surface area contributed by atoms with Crippen LogP contribution >= 0.6 is 11.3 Å². The lowest BCUT2D eigenvalue weighted by Gasteiger charge is -2.02. The molecule has 0 fully saturated rings. The van der Waals surface area contributed by atoms with Gasteiger partial charge in [-0.15, -0.1) is 11.3 Å². The number of thiazole rings is 1. The van der Waals surface area contributed by atoms with Crippen molar-refractivity contribution in [3.63, 3.8) is 0 Å². The Morgan fingerprint density at radius 1 is 1.33 bits per heavy atom. The van der Waals surface area contributed by atoms with Crippen molar-refractivity contribution in [2.24, 2.45) is 5.73 Å². The number of hydrogen-bond acceptors (Lipinski definition) is 3. The molecule has 2 N–H and O–H groups in total. The zero-order chi connectivity index (χ0) is 13.0. The number of hydrogen-bond donors (Lipinski definition) is 1. The zero-order valence-electron chi connectivity index (χ0n) is 11.0. The fourth-order valence-corrected chi connectivity index (χ4v) is 2.83. The van der Waals surface area contributed by atoms with Gasteiger partial charge in [-0.25, -0.2) is 4.98 Å². The lowest BCUT2D eigenvalue weighted by molar-refractivity contribution is 0.623. The number of rotatable bonds is 5. The van der Waals surface area contributed by atoms with Gasteiger partial charge in [0.2, 0.25) is 0 Å². The normalized spacial score (nSPS) is 12.6. The van der Waals surface area contributed by atoms with Crippen molar-refractivity contribution in [1.29, 1.82) is 0 Å². The SMILES string of the molecule is Cc1ccccc1-c1csc(CCCC(C)N)n1. The maximum Gasteiger partial charge on any atom is 0.0932 e. The first kappa shape index (κ1) is 13.2. The van der Waals surface area contributed by atoms with Crippen molar-refractivity contribution in [3.05, 3.63) is 40.2 Å². The summed E-state index contributed by atoms with van der Waals surface area (Å²) in [6.45, 7) is 4.19. The summed E-state index contributed by atoms with van der Waals surface area (Å²) in [6.07, 6.45) is 3.23. The van der Waals surface area contributed by atoms with Gasteiger partial charge in [0.1, 0.15) is 0 Å². The first-order valence-electron chi connectivity index (χ1n) is 6.43. The maximum atomic E-state index is 5.76. The van der Waals surface area contributed by atoms with E-state index in [4.69, 9.17) is 10.7 Å². The van der Waals surface area contributed by atoms with Gasteiger partial charge in [0.05, 0.1) is 10.7 Å². The first-order chi connectivity index (χ1) is 8.66. The Kier molecular flexibility index (Phi) is 4.50. The van der Waals surface area contributed by atoms with Gasteiger partial charge in [-0.05, 0) is 38.7 Å². The van der Waals surface area contributed by atoms with E-state index in [-0.39, 0.29) is 0 Å². The van der Waals surface area contributed by atoms with E-state index in [0.717, 1.165) is 25.0 Å². The molecule has 0 aliphatic heterocycles. The highest BCUT2D eigenvalue weighted by Crippen LogP contribution is 2.25. The minimum Gasteiger partial charge on any atom is -0.328 e. The quantitative estimate of drug-likeness (QED) is 0.888. The van der Waals surface area contributed by atoms with Gasteiger partial charge < -0.3 is 5.73 Å². The molecule has 2 rings (SSSR count). The Balaban J connectivity index is 2.04. The molecule has 0 amide bonds. The molecule has 0 saturated carbocycles. The van der Waals surface area contributed by atoms with Crippen molar-refractivity contribution in [1.82, 2.24) is 4.98 Å². The molecule has 1 aromatic carbocycles. The molecule has 0 bridgehead atoms. The van der Waals surface area contributed by atoms with E-state index in [1.807, 2.05) is 0 Å². The average molecular weight is 260 g/mol. The molecule has 2 nitrogen and oxygen atoms in total. The maximum absolute atomic E-state index is 5.76. The minimum absolute atomic E-state index is 0.292. The van der Waals surface area contributed by atoms with Crippen molar-refractivity contribution < 1.29 is 0 Å². The standard InChI is InChI=1S/C15H20N2S/c1-11-6-3-4-8-13(11)14-10-18-15(17-14)9-5-7-12(2)16/h3-4,6,8,10,12H,5,7,9,16H2,1-2H3. The van der Waals surface area contributed by atoms with Crippen LogP contribution in [0, 0.1) is 6.92 Å². The third kappa shape index (κ3) is 3.40. The average Bonchev–Trinajstić information content (AvgIpc) is 2.78. The van der Waals surface area contributed by atoms with Crippen LogP contribution in [-0.2, 0) is 6.42 Å². The molecule has 0 aliphatic rings. The fraction of sp³-hybridized carbons (Fsp3) is 0.400. The fourth-order valence-electron chi connectivity index (χ4n) is 1.98. The van der Waals surface area contributed by atoms with E-state index in [9.17, 15) is 0 Å². The molecule has 2 aromatic rings. The molecule has 3 heteroatoms. The van der Waals surface area contributed by atoms with Gasteiger partial charge in [0.15, 0.2) is 0 Å². The summed E-state index contributed by atoms with van der Waals surface area (Å²) in [7, 11) is 0. The molecule has 96 valence electrons. The highest BCUT2D eigenvalue weighted by Gasteiger charge is 2.06. The van der Waals surface area contributed by atoms with Crippen LogP contribution in [0.5, 0.6) is 0 Å². The van der Waals surface area contributed by atoms with Crippen LogP contribution < -0.4 is 5.73 Å². The van der Waals surface area contributed by atoms with Gasteiger partial charge in [0, 0.05) is 17.0 Å². The molecular weight excluding hydrogens is 240 g/mol. The van der Waals surface area contributed by atoms with Crippen LogP contribution in [0.4, 0.5) is 0 Å². The second-order valence-corrected chi connectivity index (χ2v) is 5.75. The number of aryl methyl sites for hydroxylation is 2. The molecule has 0 spiro atoms. The van der Waals surface area contributed by atoms with Gasteiger partial charge in [0.25, 0.3) is 0 Å². The molecular formula is C15H20N2S. The van der Waals surface area contributed by atoms with E-state index in [2.05, 4.69) is 43.5 Å². The van der Waals surface area contributed by atoms with Crippen LogP contribution in [0.2, 0.25) is 0 Å². The number of aromatic nitrogens is 1. The van der Waals surface area contributed by atoms with Gasteiger partial charge >= 0.3 is 0 Å². The Morgan fingerprint density at radius 3 is 2.83 bits per heavy atom. The van der Waals surface area contributed by atoms with Gasteiger partial charge in [-0.1, -0.05) is 24.3 Å². The van der Waals surface area contributed by atoms with Crippen molar-refractivity contribution >= 4 is 11.3 Å². The monoisotopic (exact) mass is 260 g/mol. The molecule has 18 heavy (non-hydrogen) atoms. The zero-order valence-corrected chi connectivity index (χ0v) is 11.8. The van der Waals surface area contributed by atoms with E-state index in [0.29, 0.717) is 6.04 Å². The predicted octanol–water partition coefficient (Wildman–Crippen LogP) is 3.79. The molecule has 0 aliphatic carbocycles. The van der Waals surface area contributed by atoms with E-state index in [1.54, 1.807) is 11.3 Å². The smallest absolute Gasteiger partial charge is 0.0932 e. The summed E-state index contributed by atoms with van der Waals surface area (Å²) in [6, 6.07) is 8.69. The topological polar surface area (TPSA) is 38.9 Å². The van der Waals surface area contributed by atoms with Gasteiger partial charge in [-0.2, -0.15) is 0 Å². The lowest BCUT2D eigenvalue weighted by Crippen LogP contribution is -2.14. The number of nitrogens with zero attached hydrogens (tertiary/aromatic N) is 1. The Morgan fingerprint density at radius 2 is 2.11 bits per heavy atom. The Hall–Kier alpha value is -1.19. The third-order valence-corrected chi connectivity index (χ3v) is 3.93. The van der Waals surface area contributed by atoms with Crippen LogP contribution in [0.1, 0.15) is 30.3 Å². The largest absolute Gasteiger partial charge is 0.328 e. The Bertz CT molecular complexity index is 503.